The van der Waals surface area contributed by atoms with Crippen LogP contribution in [0.3, 0.4) is 0 Å². The predicted molar refractivity (Wildman–Crippen MR) is 124 cm³/mol. The lowest BCUT2D eigenvalue weighted by Gasteiger charge is -2.43. The molecular weight excluding hydrogens is 427 g/mol. The van der Waals surface area contributed by atoms with Crippen LogP contribution in [-0.4, -0.2) is 28.5 Å². The second-order valence-corrected chi connectivity index (χ2v) is 8.97. The predicted octanol–water partition coefficient (Wildman–Crippen LogP) is 5.07. The molecule has 0 saturated carbocycles. The van der Waals surface area contributed by atoms with E-state index in [1.807, 2.05) is 58.0 Å². The SMILES string of the molecule is O=C(c1ccc(F)cc1)N1CC2CC(C1)c1ccc(C=Cc3ccc(Cl)cc3)c(=O)n1C2. The molecule has 32 heavy (non-hydrogen) atoms. The van der Waals surface area contributed by atoms with Gasteiger partial charge in [-0.25, -0.2) is 4.39 Å². The Kier molecular flexibility index (Phi) is 5.43. The van der Waals surface area contributed by atoms with Gasteiger partial charge in [0.2, 0.25) is 0 Å². The van der Waals surface area contributed by atoms with Crippen molar-refractivity contribution in [2.75, 3.05) is 13.1 Å². The summed E-state index contributed by atoms with van der Waals surface area (Å²) in [5.41, 5.74) is 3.09. The number of fused-ring (bicyclic) bond motifs is 4. The van der Waals surface area contributed by atoms with Gasteiger partial charge >= 0.3 is 0 Å². The van der Waals surface area contributed by atoms with Gasteiger partial charge in [0.25, 0.3) is 11.5 Å². The van der Waals surface area contributed by atoms with Crippen molar-refractivity contribution in [1.29, 1.82) is 0 Å². The van der Waals surface area contributed by atoms with Crippen molar-refractivity contribution in [2.45, 2.75) is 18.9 Å². The third-order valence-corrected chi connectivity index (χ3v) is 6.59. The minimum atomic E-state index is -0.355. The van der Waals surface area contributed by atoms with Crippen LogP contribution in [0, 0.1) is 11.7 Å². The summed E-state index contributed by atoms with van der Waals surface area (Å²) in [4.78, 5) is 27.9. The van der Waals surface area contributed by atoms with E-state index in [1.165, 1.54) is 24.3 Å². The van der Waals surface area contributed by atoms with Gasteiger partial charge in [0.1, 0.15) is 5.82 Å². The zero-order valence-electron chi connectivity index (χ0n) is 17.4. The fourth-order valence-corrected chi connectivity index (χ4v) is 4.92. The second kappa shape index (κ2) is 8.40. The van der Waals surface area contributed by atoms with E-state index in [-0.39, 0.29) is 29.1 Å². The number of amides is 1. The maximum atomic E-state index is 13.2. The summed E-state index contributed by atoms with van der Waals surface area (Å²) in [7, 11) is 0. The summed E-state index contributed by atoms with van der Waals surface area (Å²) >= 11 is 5.93. The fourth-order valence-electron chi connectivity index (χ4n) is 4.79. The van der Waals surface area contributed by atoms with E-state index < -0.39 is 0 Å². The zero-order valence-corrected chi connectivity index (χ0v) is 18.1. The maximum absolute atomic E-state index is 13.2. The number of nitrogens with zero attached hydrogens (tertiary/aromatic N) is 2. The summed E-state index contributed by atoms with van der Waals surface area (Å²) in [6, 6.07) is 17.0. The van der Waals surface area contributed by atoms with Crippen molar-refractivity contribution in [3.05, 3.63) is 104 Å². The number of aromatic nitrogens is 1. The molecule has 1 fully saturated rings. The second-order valence-electron chi connectivity index (χ2n) is 8.53. The van der Waals surface area contributed by atoms with Crippen LogP contribution in [0.1, 0.15) is 39.5 Å². The van der Waals surface area contributed by atoms with Crippen LogP contribution in [0.5, 0.6) is 0 Å². The summed E-state index contributed by atoms with van der Waals surface area (Å²) in [5, 5.41) is 0.675. The Labute approximate surface area is 190 Å². The molecule has 162 valence electrons. The Hall–Kier alpha value is -3.18. The number of hydrogen-bond acceptors (Lipinski definition) is 2. The minimum Gasteiger partial charge on any atom is -0.338 e. The van der Waals surface area contributed by atoms with Gasteiger partial charge in [0, 0.05) is 47.4 Å². The molecule has 0 spiro atoms. The molecule has 2 unspecified atom stereocenters. The van der Waals surface area contributed by atoms with E-state index in [9.17, 15) is 14.0 Å². The molecule has 3 aromatic rings. The van der Waals surface area contributed by atoms with Crippen LogP contribution in [0.15, 0.2) is 65.5 Å². The largest absolute Gasteiger partial charge is 0.338 e. The standard InChI is InChI=1S/C26H22ClFN2O2/c27-22-8-2-17(3-9-22)1-4-20-7-12-24-21-13-18(15-30(24)26(20)32)14-29(16-21)25(31)19-5-10-23(28)11-6-19/h1-12,18,21H,13-16H2. The number of benzene rings is 2. The Morgan fingerprint density at radius 1 is 0.938 bits per heavy atom. The summed E-state index contributed by atoms with van der Waals surface area (Å²) in [6.07, 6.45) is 4.72. The molecule has 6 heteroatoms. The van der Waals surface area contributed by atoms with E-state index in [4.69, 9.17) is 11.6 Å². The smallest absolute Gasteiger partial charge is 0.258 e. The Bertz CT molecular complexity index is 1250. The van der Waals surface area contributed by atoms with Crippen LogP contribution >= 0.6 is 11.6 Å². The molecule has 3 heterocycles. The maximum Gasteiger partial charge on any atom is 0.258 e. The first kappa shape index (κ1) is 20.7. The van der Waals surface area contributed by atoms with Crippen molar-refractivity contribution in [2.24, 2.45) is 5.92 Å². The summed E-state index contributed by atoms with van der Waals surface area (Å²) in [5.74, 6) is -0.1000. The Balaban J connectivity index is 1.38. The molecular formula is C26H22ClFN2O2. The third-order valence-electron chi connectivity index (χ3n) is 6.34. The van der Waals surface area contributed by atoms with E-state index in [1.54, 1.807) is 0 Å². The highest BCUT2D eigenvalue weighted by molar-refractivity contribution is 6.30. The molecule has 4 nitrogen and oxygen atoms in total. The van der Waals surface area contributed by atoms with Crippen molar-refractivity contribution in [1.82, 2.24) is 9.47 Å². The third kappa shape index (κ3) is 4.00. The Morgan fingerprint density at radius 3 is 2.44 bits per heavy atom. The summed E-state index contributed by atoms with van der Waals surface area (Å²) < 4.78 is 15.1. The van der Waals surface area contributed by atoms with Crippen LogP contribution in [0.4, 0.5) is 4.39 Å². The highest BCUT2D eigenvalue weighted by Crippen LogP contribution is 2.35. The van der Waals surface area contributed by atoms with Gasteiger partial charge in [-0.15, -0.1) is 0 Å². The number of carbonyl (C=O) groups is 1. The number of piperidine rings is 1. The van der Waals surface area contributed by atoms with Gasteiger partial charge in [-0.2, -0.15) is 0 Å². The zero-order chi connectivity index (χ0) is 22.2. The van der Waals surface area contributed by atoms with E-state index in [0.29, 0.717) is 35.8 Å². The number of rotatable bonds is 3. The number of pyridine rings is 1. The fraction of sp³-hybridized carbons (Fsp3) is 0.231. The molecule has 0 radical (unpaired) electrons. The normalized spacial score (nSPS) is 19.8. The molecule has 2 aromatic carbocycles. The van der Waals surface area contributed by atoms with Crippen molar-refractivity contribution in [3.8, 4) is 0 Å². The number of hydrogen-bond donors (Lipinski definition) is 0. The van der Waals surface area contributed by atoms with Crippen LogP contribution in [0.2, 0.25) is 5.02 Å². The first-order chi connectivity index (χ1) is 15.5. The topological polar surface area (TPSA) is 42.3 Å². The highest BCUT2D eigenvalue weighted by atomic mass is 35.5. The molecule has 1 aromatic heterocycles. The number of likely N-dealkylation sites (tertiary alicyclic amines) is 1. The Morgan fingerprint density at radius 2 is 1.69 bits per heavy atom. The van der Waals surface area contributed by atoms with Crippen molar-refractivity contribution < 1.29 is 9.18 Å². The lowest BCUT2D eigenvalue weighted by Crippen LogP contribution is -2.49. The first-order valence-corrected chi connectivity index (χ1v) is 11.1. The van der Waals surface area contributed by atoms with Crippen LogP contribution < -0.4 is 5.56 Å². The summed E-state index contributed by atoms with van der Waals surface area (Å²) in [6.45, 7) is 1.76. The first-order valence-electron chi connectivity index (χ1n) is 10.7. The van der Waals surface area contributed by atoms with Gasteiger partial charge in [-0.3, -0.25) is 9.59 Å². The van der Waals surface area contributed by atoms with Gasteiger partial charge in [0.15, 0.2) is 0 Å². The molecule has 1 amide bonds. The van der Waals surface area contributed by atoms with Crippen LogP contribution in [0.25, 0.3) is 12.2 Å². The molecule has 2 aliphatic rings. The van der Waals surface area contributed by atoms with Crippen LogP contribution in [-0.2, 0) is 6.54 Å². The molecule has 2 bridgehead atoms. The quantitative estimate of drug-likeness (QED) is 0.561. The molecule has 0 aliphatic carbocycles. The van der Waals surface area contributed by atoms with Crippen molar-refractivity contribution in [3.63, 3.8) is 0 Å². The highest BCUT2D eigenvalue weighted by Gasteiger charge is 2.36. The van der Waals surface area contributed by atoms with E-state index in [0.717, 1.165) is 17.7 Å². The lowest BCUT2D eigenvalue weighted by molar-refractivity contribution is 0.0594. The lowest BCUT2D eigenvalue weighted by atomic mass is 9.82. The molecule has 5 rings (SSSR count). The van der Waals surface area contributed by atoms with Gasteiger partial charge in [-0.05, 0) is 72.5 Å². The van der Waals surface area contributed by atoms with Gasteiger partial charge in [0.05, 0.1) is 0 Å². The monoisotopic (exact) mass is 448 g/mol. The average Bonchev–Trinajstić information content (AvgIpc) is 2.80. The van der Waals surface area contributed by atoms with E-state index >= 15 is 0 Å². The molecule has 0 N–H and O–H groups in total. The molecule has 1 saturated heterocycles. The number of halogens is 2. The van der Waals surface area contributed by atoms with Gasteiger partial charge in [-0.1, -0.05) is 29.8 Å². The molecule has 2 atom stereocenters. The van der Waals surface area contributed by atoms with E-state index in [2.05, 4.69) is 0 Å². The number of carbonyl (C=O) groups excluding carboxylic acids is 1. The average molecular weight is 449 g/mol. The van der Waals surface area contributed by atoms with Crippen molar-refractivity contribution >= 4 is 29.7 Å². The minimum absolute atomic E-state index is 0.000671. The van der Waals surface area contributed by atoms with Gasteiger partial charge < -0.3 is 9.47 Å². The molecule has 2 aliphatic heterocycles.